The summed E-state index contributed by atoms with van der Waals surface area (Å²) in [6.07, 6.45) is 2.01. The van der Waals surface area contributed by atoms with Gasteiger partial charge in [-0.3, -0.25) is 10.1 Å². The molecule has 0 atom stereocenters. The van der Waals surface area contributed by atoms with E-state index in [0.29, 0.717) is 0 Å². The smallest absolute Gasteiger partial charge is 0.283 e. The molecule has 0 N–H and O–H groups in total. The first-order chi connectivity index (χ1) is 8.39. The van der Waals surface area contributed by atoms with Crippen molar-refractivity contribution in [2.75, 3.05) is 18.0 Å². The molecule has 0 amide bonds. The molecule has 4 nitrogen and oxygen atoms in total. The number of nitro groups is 1. The van der Waals surface area contributed by atoms with Crippen LogP contribution in [-0.4, -0.2) is 23.9 Å². The van der Waals surface area contributed by atoms with E-state index in [4.69, 9.17) is 0 Å². The van der Waals surface area contributed by atoms with Crippen LogP contribution in [0, 0.1) is 15.9 Å². The number of hydrogen-bond acceptors (Lipinski definition) is 3. The van der Waals surface area contributed by atoms with Gasteiger partial charge in [0.15, 0.2) is 5.82 Å². The summed E-state index contributed by atoms with van der Waals surface area (Å²) in [6, 6.07) is 2.96. The summed E-state index contributed by atoms with van der Waals surface area (Å²) in [6.45, 7) is -0.497. The van der Waals surface area contributed by atoms with Gasteiger partial charge in [0.05, 0.1) is 23.2 Å². The van der Waals surface area contributed by atoms with Crippen molar-refractivity contribution >= 4 is 11.4 Å². The average molecular weight is 258 g/mol. The summed E-state index contributed by atoms with van der Waals surface area (Å²) < 4.78 is 39.9. The first-order valence-electron chi connectivity index (χ1n) is 5.13. The number of non-ortho nitro benzene ring substituents is 1. The van der Waals surface area contributed by atoms with Gasteiger partial charge in [0.1, 0.15) is 0 Å². The van der Waals surface area contributed by atoms with E-state index in [9.17, 15) is 23.3 Å². The van der Waals surface area contributed by atoms with Crippen molar-refractivity contribution in [3.8, 4) is 0 Å². The molecule has 96 valence electrons. The molecule has 0 bridgehead atoms. The van der Waals surface area contributed by atoms with Crippen molar-refractivity contribution in [1.82, 2.24) is 0 Å². The fourth-order valence-corrected chi connectivity index (χ4v) is 1.77. The summed E-state index contributed by atoms with van der Waals surface area (Å²) in [7, 11) is 0. The van der Waals surface area contributed by atoms with Gasteiger partial charge in [-0.2, -0.15) is 0 Å². The van der Waals surface area contributed by atoms with Crippen molar-refractivity contribution < 1.29 is 18.1 Å². The second-order valence-corrected chi connectivity index (χ2v) is 3.94. The lowest BCUT2D eigenvalue weighted by Crippen LogP contribution is -2.39. The Kier molecular flexibility index (Phi) is 2.98. The van der Waals surface area contributed by atoms with Gasteiger partial charge in [-0.05, 0) is 12.1 Å². The Labute approximate surface area is 100 Å². The molecule has 1 aromatic rings. The predicted molar refractivity (Wildman–Crippen MR) is 59.4 cm³/mol. The maximum Gasteiger partial charge on any atom is 0.283 e. The lowest BCUT2D eigenvalue weighted by Gasteiger charge is -2.30. The maximum atomic E-state index is 13.6. The van der Waals surface area contributed by atoms with Crippen LogP contribution in [0.25, 0.3) is 0 Å². The number of benzene rings is 1. The van der Waals surface area contributed by atoms with E-state index in [1.165, 1.54) is 6.08 Å². The Hall–Kier alpha value is -2.05. The van der Waals surface area contributed by atoms with Crippen LogP contribution in [0.1, 0.15) is 0 Å². The van der Waals surface area contributed by atoms with Gasteiger partial charge in [-0.15, -0.1) is 0 Å². The molecular formula is C11H9F3N2O2. The molecule has 7 heteroatoms. The van der Waals surface area contributed by atoms with Crippen LogP contribution in [0.2, 0.25) is 0 Å². The first kappa shape index (κ1) is 12.4. The van der Waals surface area contributed by atoms with Gasteiger partial charge in [-0.25, -0.2) is 13.2 Å². The summed E-state index contributed by atoms with van der Waals surface area (Å²) in [5, 5.41) is 10.4. The molecule has 2 rings (SSSR count). The highest BCUT2D eigenvalue weighted by Crippen LogP contribution is 2.29. The average Bonchev–Trinajstić information content (AvgIpc) is 2.27. The van der Waals surface area contributed by atoms with Crippen LogP contribution in [0.4, 0.5) is 24.5 Å². The monoisotopic (exact) mass is 258 g/mol. The van der Waals surface area contributed by atoms with E-state index in [0.717, 1.165) is 29.2 Å². The zero-order valence-electron chi connectivity index (χ0n) is 9.15. The molecule has 1 heterocycles. The quantitative estimate of drug-likeness (QED) is 0.465. The van der Waals surface area contributed by atoms with E-state index in [2.05, 4.69) is 0 Å². The van der Waals surface area contributed by atoms with Gasteiger partial charge in [0.25, 0.3) is 11.6 Å². The standard InChI is InChI=1S/C11H9F3N2O2/c12-9-6-8(16(17)18)2-3-10(9)15-5-1-4-11(13,14)7-15/h1-4,6H,5,7H2. The Morgan fingerprint density at radius 2 is 2.11 bits per heavy atom. The molecule has 0 unspecified atom stereocenters. The predicted octanol–water partition coefficient (Wildman–Crippen LogP) is 2.75. The fourth-order valence-electron chi connectivity index (χ4n) is 1.77. The number of anilines is 1. The summed E-state index contributed by atoms with van der Waals surface area (Å²) in [5.74, 6) is -3.90. The van der Waals surface area contributed by atoms with E-state index in [-0.39, 0.29) is 12.2 Å². The molecule has 1 aromatic carbocycles. The van der Waals surface area contributed by atoms with E-state index in [1.54, 1.807) is 0 Å². The SMILES string of the molecule is O=[N+]([O-])c1ccc(N2CC=CC(F)(F)C2)c(F)c1. The third-order valence-corrected chi connectivity index (χ3v) is 2.57. The zero-order chi connectivity index (χ0) is 13.3. The Bertz CT molecular complexity index is 517. The lowest BCUT2D eigenvalue weighted by molar-refractivity contribution is -0.385. The van der Waals surface area contributed by atoms with Crippen molar-refractivity contribution in [3.05, 3.63) is 46.3 Å². The van der Waals surface area contributed by atoms with Crippen molar-refractivity contribution in [2.24, 2.45) is 0 Å². The van der Waals surface area contributed by atoms with Gasteiger partial charge < -0.3 is 4.90 Å². The summed E-state index contributed by atoms with van der Waals surface area (Å²) >= 11 is 0. The van der Waals surface area contributed by atoms with Gasteiger partial charge in [0.2, 0.25) is 0 Å². The molecule has 1 aliphatic rings. The Morgan fingerprint density at radius 3 is 2.67 bits per heavy atom. The van der Waals surface area contributed by atoms with Gasteiger partial charge >= 0.3 is 0 Å². The summed E-state index contributed by atoms with van der Waals surface area (Å²) in [5.41, 5.74) is -0.472. The number of halogens is 3. The normalized spacial score (nSPS) is 17.8. The minimum atomic E-state index is -3.02. The molecule has 18 heavy (non-hydrogen) atoms. The molecule has 0 aliphatic carbocycles. The van der Waals surface area contributed by atoms with E-state index in [1.807, 2.05) is 0 Å². The highest BCUT2D eigenvalue weighted by Gasteiger charge is 2.32. The highest BCUT2D eigenvalue weighted by molar-refractivity contribution is 5.53. The Balaban J connectivity index is 2.30. The minimum absolute atomic E-state index is 0.0652. The molecule has 0 radical (unpaired) electrons. The second kappa shape index (κ2) is 4.32. The van der Waals surface area contributed by atoms with Crippen LogP contribution in [-0.2, 0) is 0 Å². The number of nitrogens with zero attached hydrogens (tertiary/aromatic N) is 2. The molecule has 0 saturated carbocycles. The molecule has 0 aromatic heterocycles. The van der Waals surface area contributed by atoms with Crippen LogP contribution >= 0.6 is 0 Å². The Morgan fingerprint density at radius 1 is 1.39 bits per heavy atom. The van der Waals surface area contributed by atoms with E-state index >= 15 is 0 Å². The molecule has 0 spiro atoms. The number of hydrogen-bond donors (Lipinski definition) is 0. The van der Waals surface area contributed by atoms with Crippen molar-refractivity contribution in [3.63, 3.8) is 0 Å². The first-order valence-corrected chi connectivity index (χ1v) is 5.13. The molecule has 0 saturated heterocycles. The van der Waals surface area contributed by atoms with Crippen molar-refractivity contribution in [1.29, 1.82) is 0 Å². The minimum Gasteiger partial charge on any atom is -0.359 e. The van der Waals surface area contributed by atoms with Crippen LogP contribution < -0.4 is 4.90 Å². The zero-order valence-corrected chi connectivity index (χ0v) is 9.15. The number of alkyl halides is 2. The molecular weight excluding hydrogens is 249 g/mol. The molecule has 1 aliphatic heterocycles. The highest BCUT2D eigenvalue weighted by atomic mass is 19.3. The van der Waals surface area contributed by atoms with Gasteiger partial charge in [-0.1, -0.05) is 6.08 Å². The molecule has 0 fully saturated rings. The van der Waals surface area contributed by atoms with Crippen LogP contribution in [0.15, 0.2) is 30.4 Å². The third kappa shape index (κ3) is 2.44. The van der Waals surface area contributed by atoms with Crippen LogP contribution in [0.3, 0.4) is 0 Å². The fraction of sp³-hybridized carbons (Fsp3) is 0.273. The van der Waals surface area contributed by atoms with E-state index < -0.39 is 28.9 Å². The topological polar surface area (TPSA) is 46.4 Å². The van der Waals surface area contributed by atoms with Crippen molar-refractivity contribution in [2.45, 2.75) is 5.92 Å². The van der Waals surface area contributed by atoms with Crippen LogP contribution in [0.5, 0.6) is 0 Å². The van der Waals surface area contributed by atoms with Gasteiger partial charge in [0, 0.05) is 12.6 Å². The largest absolute Gasteiger partial charge is 0.359 e. The third-order valence-electron chi connectivity index (χ3n) is 2.57. The summed E-state index contributed by atoms with van der Waals surface area (Å²) in [4.78, 5) is 10.8. The second-order valence-electron chi connectivity index (χ2n) is 3.94. The lowest BCUT2D eigenvalue weighted by atomic mass is 10.1. The number of rotatable bonds is 2. The number of nitro benzene ring substituents is 1. The maximum absolute atomic E-state index is 13.6.